The number of nitrogens with zero attached hydrogens (tertiary/aromatic N) is 1. The Hall–Kier alpha value is -4.13. The lowest BCUT2D eigenvalue weighted by molar-refractivity contribution is 0.104. The molecule has 6 rings (SSSR count). The number of ether oxygens (including phenoxy) is 3. The second-order valence-corrected chi connectivity index (χ2v) is 11.1. The molecule has 1 fully saturated rings. The summed E-state index contributed by atoms with van der Waals surface area (Å²) in [5.74, 6) is 2.33. The molecule has 0 radical (unpaired) electrons. The molecule has 0 spiro atoms. The SMILES string of the molecule is COc1ccc(-c2sc3cc(OC)ccc3c2C(=O)c2ccc(OC3CCN(Cc4ccccc4)C3)cc2)cc1. The van der Waals surface area contributed by atoms with Gasteiger partial charge in [-0.05, 0) is 84.3 Å². The predicted molar refractivity (Wildman–Crippen MR) is 161 cm³/mol. The van der Waals surface area contributed by atoms with Gasteiger partial charge in [0.2, 0.25) is 0 Å². The zero-order chi connectivity index (χ0) is 27.5. The molecule has 0 N–H and O–H groups in total. The molecule has 0 saturated carbocycles. The molecule has 1 saturated heterocycles. The number of hydrogen-bond acceptors (Lipinski definition) is 6. The number of methoxy groups -OCH3 is 2. The summed E-state index contributed by atoms with van der Waals surface area (Å²) in [4.78, 5) is 17.3. The summed E-state index contributed by atoms with van der Waals surface area (Å²) in [5, 5.41) is 0.923. The fourth-order valence-corrected chi connectivity index (χ4v) is 6.51. The van der Waals surface area contributed by atoms with Crippen molar-refractivity contribution >= 4 is 27.2 Å². The van der Waals surface area contributed by atoms with Gasteiger partial charge in [-0.15, -0.1) is 11.3 Å². The van der Waals surface area contributed by atoms with E-state index in [0.717, 1.165) is 63.8 Å². The third-order valence-electron chi connectivity index (χ3n) is 7.37. The lowest BCUT2D eigenvalue weighted by Gasteiger charge is -2.17. The van der Waals surface area contributed by atoms with Gasteiger partial charge in [0.05, 0.1) is 14.2 Å². The summed E-state index contributed by atoms with van der Waals surface area (Å²) in [5.41, 5.74) is 3.63. The predicted octanol–water partition coefficient (Wildman–Crippen LogP) is 7.47. The van der Waals surface area contributed by atoms with Crippen LogP contribution in [0.5, 0.6) is 17.2 Å². The summed E-state index contributed by atoms with van der Waals surface area (Å²) in [6.45, 7) is 2.84. The highest BCUT2D eigenvalue weighted by Gasteiger charge is 2.25. The van der Waals surface area contributed by atoms with Crippen LogP contribution >= 0.6 is 11.3 Å². The van der Waals surface area contributed by atoms with E-state index < -0.39 is 0 Å². The molecule has 5 aromatic rings. The van der Waals surface area contributed by atoms with Gasteiger partial charge < -0.3 is 14.2 Å². The Bertz CT molecular complexity index is 1610. The van der Waals surface area contributed by atoms with E-state index in [1.165, 1.54) is 5.56 Å². The number of likely N-dealkylation sites (tertiary alicyclic amines) is 1. The van der Waals surface area contributed by atoms with Crippen LogP contribution in [0.3, 0.4) is 0 Å². The van der Waals surface area contributed by atoms with Crippen molar-refractivity contribution in [1.82, 2.24) is 4.90 Å². The lowest BCUT2D eigenvalue weighted by atomic mass is 9.97. The second kappa shape index (κ2) is 11.5. The van der Waals surface area contributed by atoms with E-state index in [2.05, 4.69) is 29.2 Å². The Labute approximate surface area is 238 Å². The van der Waals surface area contributed by atoms with E-state index in [1.54, 1.807) is 25.6 Å². The Morgan fingerprint density at radius 2 is 1.55 bits per heavy atom. The Morgan fingerprint density at radius 3 is 2.27 bits per heavy atom. The summed E-state index contributed by atoms with van der Waals surface area (Å²) in [7, 11) is 3.30. The van der Waals surface area contributed by atoms with Gasteiger partial charge in [-0.25, -0.2) is 0 Å². The Kier molecular flexibility index (Phi) is 7.53. The second-order valence-electron chi connectivity index (χ2n) is 10.00. The summed E-state index contributed by atoms with van der Waals surface area (Å²) in [6, 6.07) is 31.8. The first-order valence-electron chi connectivity index (χ1n) is 13.4. The summed E-state index contributed by atoms with van der Waals surface area (Å²) in [6.07, 6.45) is 1.13. The number of carbonyl (C=O) groups is 1. The van der Waals surface area contributed by atoms with Gasteiger partial charge in [-0.3, -0.25) is 9.69 Å². The molecule has 1 unspecified atom stereocenters. The first kappa shape index (κ1) is 26.1. The van der Waals surface area contributed by atoms with Crippen molar-refractivity contribution in [3.05, 3.63) is 114 Å². The minimum atomic E-state index is -0.0105. The number of hydrogen-bond donors (Lipinski definition) is 0. The van der Waals surface area contributed by atoms with Crippen molar-refractivity contribution in [3.8, 4) is 27.7 Å². The lowest BCUT2D eigenvalue weighted by Crippen LogP contribution is -2.24. The third-order valence-corrected chi connectivity index (χ3v) is 8.58. The van der Waals surface area contributed by atoms with Gasteiger partial charge in [0.15, 0.2) is 5.78 Å². The van der Waals surface area contributed by atoms with E-state index in [9.17, 15) is 4.79 Å². The maximum absolute atomic E-state index is 14.0. The first-order valence-corrected chi connectivity index (χ1v) is 14.3. The quantitative estimate of drug-likeness (QED) is 0.179. The van der Waals surface area contributed by atoms with E-state index >= 15 is 0 Å². The van der Waals surface area contributed by atoms with Gasteiger partial charge in [0.25, 0.3) is 0 Å². The van der Waals surface area contributed by atoms with Gasteiger partial charge >= 0.3 is 0 Å². The molecule has 1 aliphatic rings. The maximum atomic E-state index is 14.0. The van der Waals surface area contributed by atoms with Crippen molar-refractivity contribution < 1.29 is 19.0 Å². The van der Waals surface area contributed by atoms with E-state index in [-0.39, 0.29) is 11.9 Å². The topological polar surface area (TPSA) is 48.0 Å². The first-order chi connectivity index (χ1) is 19.6. The molecular weight excluding hydrogens is 518 g/mol. The zero-order valence-electron chi connectivity index (χ0n) is 22.6. The van der Waals surface area contributed by atoms with Crippen LogP contribution in [0.25, 0.3) is 20.5 Å². The normalized spacial score (nSPS) is 15.3. The Morgan fingerprint density at radius 1 is 0.850 bits per heavy atom. The number of fused-ring (bicyclic) bond motifs is 1. The molecule has 4 aromatic carbocycles. The van der Waals surface area contributed by atoms with Crippen LogP contribution in [-0.4, -0.2) is 44.1 Å². The highest BCUT2D eigenvalue weighted by molar-refractivity contribution is 7.22. The van der Waals surface area contributed by atoms with Crippen molar-refractivity contribution in [2.45, 2.75) is 19.1 Å². The van der Waals surface area contributed by atoms with Crippen LogP contribution in [0.4, 0.5) is 0 Å². The van der Waals surface area contributed by atoms with Crippen molar-refractivity contribution in [2.24, 2.45) is 0 Å². The fraction of sp³-hybridized carbons (Fsp3) is 0.206. The largest absolute Gasteiger partial charge is 0.497 e. The number of ketones is 1. The molecular formula is C34H31NO4S. The van der Waals surface area contributed by atoms with Crippen LogP contribution in [0.2, 0.25) is 0 Å². The minimum absolute atomic E-state index is 0.0105. The number of carbonyl (C=O) groups excluding carboxylic acids is 1. The average Bonchev–Trinajstić information content (AvgIpc) is 3.61. The standard InChI is InChI=1S/C34H31NO4S/c1-37-26-12-10-25(11-13-26)34-32(30-17-16-28(38-2)20-31(30)40-34)33(36)24-8-14-27(15-9-24)39-29-18-19-35(22-29)21-23-6-4-3-5-7-23/h3-17,20,29H,18-19,21-22H2,1-2H3. The highest BCUT2D eigenvalue weighted by Crippen LogP contribution is 2.41. The number of benzene rings is 4. The highest BCUT2D eigenvalue weighted by atomic mass is 32.1. The van der Waals surface area contributed by atoms with Crippen LogP contribution in [0.15, 0.2) is 97.1 Å². The maximum Gasteiger partial charge on any atom is 0.195 e. The van der Waals surface area contributed by atoms with Crippen LogP contribution in [0.1, 0.15) is 27.9 Å². The molecule has 1 atom stereocenters. The van der Waals surface area contributed by atoms with E-state index in [1.807, 2.05) is 72.8 Å². The number of rotatable bonds is 9. The van der Waals surface area contributed by atoms with Gasteiger partial charge in [-0.1, -0.05) is 30.3 Å². The molecule has 0 amide bonds. The molecule has 0 aliphatic carbocycles. The van der Waals surface area contributed by atoms with Gasteiger partial charge in [0, 0.05) is 45.7 Å². The van der Waals surface area contributed by atoms with Crippen LogP contribution in [-0.2, 0) is 6.54 Å². The minimum Gasteiger partial charge on any atom is -0.497 e. The molecule has 40 heavy (non-hydrogen) atoms. The molecule has 202 valence electrons. The van der Waals surface area contributed by atoms with E-state index in [0.29, 0.717) is 11.1 Å². The smallest absolute Gasteiger partial charge is 0.195 e. The molecule has 5 nitrogen and oxygen atoms in total. The average molecular weight is 550 g/mol. The van der Waals surface area contributed by atoms with Crippen molar-refractivity contribution in [1.29, 1.82) is 0 Å². The molecule has 6 heteroatoms. The van der Waals surface area contributed by atoms with Gasteiger partial charge in [0.1, 0.15) is 23.4 Å². The summed E-state index contributed by atoms with van der Waals surface area (Å²) >= 11 is 1.60. The fourth-order valence-electron chi connectivity index (χ4n) is 5.28. The molecule has 1 aromatic heterocycles. The van der Waals surface area contributed by atoms with Crippen molar-refractivity contribution in [2.75, 3.05) is 27.3 Å². The molecule has 0 bridgehead atoms. The monoisotopic (exact) mass is 549 g/mol. The zero-order valence-corrected chi connectivity index (χ0v) is 23.4. The van der Waals surface area contributed by atoms with Crippen molar-refractivity contribution in [3.63, 3.8) is 0 Å². The third kappa shape index (κ3) is 5.46. The molecule has 1 aliphatic heterocycles. The van der Waals surface area contributed by atoms with Crippen LogP contribution in [0, 0.1) is 0 Å². The summed E-state index contributed by atoms with van der Waals surface area (Å²) < 4.78 is 18.1. The van der Waals surface area contributed by atoms with E-state index in [4.69, 9.17) is 14.2 Å². The number of thiophene rings is 1. The van der Waals surface area contributed by atoms with Gasteiger partial charge in [-0.2, -0.15) is 0 Å². The van der Waals surface area contributed by atoms with Crippen LogP contribution < -0.4 is 14.2 Å². The Balaban J connectivity index is 1.22. The molecule has 2 heterocycles.